The van der Waals surface area contributed by atoms with E-state index in [4.69, 9.17) is 4.42 Å². The minimum absolute atomic E-state index is 0.0433. The Hall–Kier alpha value is -1.62. The highest BCUT2D eigenvalue weighted by atomic mass is 32.1. The van der Waals surface area contributed by atoms with Crippen LogP contribution in [0.2, 0.25) is 0 Å². The minimum atomic E-state index is -0.0433. The number of thiophene rings is 1. The molecule has 0 aliphatic carbocycles. The van der Waals surface area contributed by atoms with Crippen molar-refractivity contribution in [1.29, 1.82) is 0 Å². The summed E-state index contributed by atoms with van der Waals surface area (Å²) in [7, 11) is 0. The van der Waals surface area contributed by atoms with E-state index in [0.29, 0.717) is 18.9 Å². The monoisotopic (exact) mass is 236 g/mol. The predicted octanol–water partition coefficient (Wildman–Crippen LogP) is 2.02. The highest BCUT2D eigenvalue weighted by Crippen LogP contribution is 2.07. The molecule has 0 spiro atoms. The molecular formula is C11H12N2O2S. The standard InChI is InChI=1S/C11H12N2O2S/c1-8-7-13-10(15-8)4-5-12-11(14)9-3-2-6-16-9/h2-3,6-7H,4-5H2,1H3,(H,12,14). The molecule has 16 heavy (non-hydrogen) atoms. The number of rotatable bonds is 4. The van der Waals surface area contributed by atoms with Gasteiger partial charge in [-0.25, -0.2) is 4.98 Å². The maximum Gasteiger partial charge on any atom is 0.261 e. The predicted molar refractivity (Wildman–Crippen MR) is 61.6 cm³/mol. The van der Waals surface area contributed by atoms with E-state index in [1.165, 1.54) is 11.3 Å². The van der Waals surface area contributed by atoms with Crippen molar-refractivity contribution < 1.29 is 9.21 Å². The van der Waals surface area contributed by atoms with Gasteiger partial charge in [-0.05, 0) is 18.4 Å². The van der Waals surface area contributed by atoms with Crippen LogP contribution >= 0.6 is 11.3 Å². The molecule has 1 N–H and O–H groups in total. The van der Waals surface area contributed by atoms with Crippen molar-refractivity contribution >= 4 is 17.2 Å². The lowest BCUT2D eigenvalue weighted by molar-refractivity contribution is 0.0957. The molecule has 0 saturated carbocycles. The molecule has 0 aliphatic heterocycles. The van der Waals surface area contributed by atoms with Gasteiger partial charge in [0.25, 0.3) is 5.91 Å². The molecule has 4 nitrogen and oxygen atoms in total. The second-order valence-corrected chi connectivity index (χ2v) is 4.30. The van der Waals surface area contributed by atoms with E-state index in [-0.39, 0.29) is 5.91 Å². The number of hydrogen-bond acceptors (Lipinski definition) is 4. The summed E-state index contributed by atoms with van der Waals surface area (Å²) in [5.74, 6) is 1.40. The summed E-state index contributed by atoms with van der Waals surface area (Å²) in [6.45, 7) is 2.39. The van der Waals surface area contributed by atoms with Crippen LogP contribution in [0.15, 0.2) is 28.1 Å². The van der Waals surface area contributed by atoms with E-state index in [9.17, 15) is 4.79 Å². The van der Waals surface area contributed by atoms with E-state index >= 15 is 0 Å². The Labute approximate surface area is 97.3 Å². The molecule has 2 heterocycles. The van der Waals surface area contributed by atoms with Gasteiger partial charge in [0, 0.05) is 13.0 Å². The Kier molecular flexibility index (Phi) is 3.36. The molecule has 5 heteroatoms. The first-order valence-corrected chi connectivity index (χ1v) is 5.86. The second-order valence-electron chi connectivity index (χ2n) is 3.35. The Bertz CT molecular complexity index is 462. The molecular weight excluding hydrogens is 224 g/mol. The first kappa shape index (κ1) is 10.9. The third kappa shape index (κ3) is 2.70. The van der Waals surface area contributed by atoms with Crippen LogP contribution in [0.1, 0.15) is 21.3 Å². The summed E-state index contributed by atoms with van der Waals surface area (Å²) in [5.41, 5.74) is 0. The van der Waals surface area contributed by atoms with Crippen molar-refractivity contribution in [3.05, 3.63) is 40.2 Å². The average molecular weight is 236 g/mol. The van der Waals surface area contributed by atoms with E-state index in [1.54, 1.807) is 12.3 Å². The lowest BCUT2D eigenvalue weighted by Crippen LogP contribution is -2.24. The van der Waals surface area contributed by atoms with Gasteiger partial charge in [0.1, 0.15) is 5.76 Å². The maximum atomic E-state index is 11.5. The van der Waals surface area contributed by atoms with Crippen molar-refractivity contribution in [2.45, 2.75) is 13.3 Å². The number of oxazole rings is 1. The molecule has 2 rings (SSSR count). The maximum absolute atomic E-state index is 11.5. The van der Waals surface area contributed by atoms with Crippen molar-refractivity contribution in [1.82, 2.24) is 10.3 Å². The molecule has 0 radical (unpaired) electrons. The molecule has 2 aromatic heterocycles. The third-order valence-electron chi connectivity index (χ3n) is 2.04. The lowest BCUT2D eigenvalue weighted by atomic mass is 10.4. The smallest absolute Gasteiger partial charge is 0.261 e. The zero-order chi connectivity index (χ0) is 11.4. The van der Waals surface area contributed by atoms with Crippen molar-refractivity contribution in [2.75, 3.05) is 6.54 Å². The molecule has 0 saturated heterocycles. The summed E-state index contributed by atoms with van der Waals surface area (Å²) < 4.78 is 5.30. The quantitative estimate of drug-likeness (QED) is 0.883. The van der Waals surface area contributed by atoms with Gasteiger partial charge in [-0.15, -0.1) is 11.3 Å². The number of carbonyl (C=O) groups excluding carboxylic acids is 1. The van der Waals surface area contributed by atoms with E-state index in [1.807, 2.05) is 18.4 Å². The van der Waals surface area contributed by atoms with Gasteiger partial charge in [-0.3, -0.25) is 4.79 Å². The van der Waals surface area contributed by atoms with Crippen molar-refractivity contribution in [2.24, 2.45) is 0 Å². The first-order valence-electron chi connectivity index (χ1n) is 4.99. The molecule has 0 unspecified atom stereocenters. The van der Waals surface area contributed by atoms with Crippen molar-refractivity contribution in [3.63, 3.8) is 0 Å². The van der Waals surface area contributed by atoms with Gasteiger partial charge >= 0.3 is 0 Å². The van der Waals surface area contributed by atoms with Crippen LogP contribution in [0.25, 0.3) is 0 Å². The Morgan fingerprint density at radius 3 is 3.12 bits per heavy atom. The topological polar surface area (TPSA) is 55.1 Å². The zero-order valence-corrected chi connectivity index (χ0v) is 9.71. The fourth-order valence-corrected chi connectivity index (χ4v) is 1.93. The summed E-state index contributed by atoms with van der Waals surface area (Å²) in [6.07, 6.45) is 2.29. The van der Waals surface area contributed by atoms with Crippen LogP contribution in [0.4, 0.5) is 0 Å². The van der Waals surface area contributed by atoms with Gasteiger partial charge in [0.2, 0.25) is 0 Å². The molecule has 0 aromatic carbocycles. The Balaban J connectivity index is 1.78. The number of aryl methyl sites for hydroxylation is 1. The number of hydrogen-bond donors (Lipinski definition) is 1. The van der Waals surface area contributed by atoms with Crippen LogP contribution in [-0.4, -0.2) is 17.4 Å². The van der Waals surface area contributed by atoms with Gasteiger partial charge in [0.15, 0.2) is 5.89 Å². The van der Waals surface area contributed by atoms with Gasteiger partial charge in [-0.2, -0.15) is 0 Å². The molecule has 0 atom stereocenters. The number of nitrogens with one attached hydrogen (secondary N) is 1. The van der Waals surface area contributed by atoms with E-state index in [0.717, 1.165) is 10.6 Å². The van der Waals surface area contributed by atoms with Crippen LogP contribution < -0.4 is 5.32 Å². The second kappa shape index (κ2) is 4.94. The molecule has 84 valence electrons. The number of carbonyl (C=O) groups is 1. The number of amides is 1. The van der Waals surface area contributed by atoms with Crippen LogP contribution in [0, 0.1) is 6.92 Å². The average Bonchev–Trinajstić information content (AvgIpc) is 2.89. The molecule has 2 aromatic rings. The third-order valence-corrected chi connectivity index (χ3v) is 2.91. The zero-order valence-electron chi connectivity index (χ0n) is 8.90. The molecule has 1 amide bonds. The van der Waals surface area contributed by atoms with Gasteiger partial charge < -0.3 is 9.73 Å². The Morgan fingerprint density at radius 1 is 1.62 bits per heavy atom. The fourth-order valence-electron chi connectivity index (χ4n) is 1.29. The number of aromatic nitrogens is 1. The minimum Gasteiger partial charge on any atom is -0.446 e. The Morgan fingerprint density at radius 2 is 2.50 bits per heavy atom. The van der Waals surface area contributed by atoms with Gasteiger partial charge in [0.05, 0.1) is 11.1 Å². The summed E-state index contributed by atoms with van der Waals surface area (Å²) in [5, 5.41) is 4.70. The fraction of sp³-hybridized carbons (Fsp3) is 0.273. The summed E-state index contributed by atoms with van der Waals surface area (Å²) in [4.78, 5) is 16.3. The van der Waals surface area contributed by atoms with Crippen LogP contribution in [0.3, 0.4) is 0 Å². The highest BCUT2D eigenvalue weighted by Gasteiger charge is 2.06. The SMILES string of the molecule is Cc1cnc(CCNC(=O)c2cccs2)o1. The van der Waals surface area contributed by atoms with Crippen LogP contribution in [-0.2, 0) is 6.42 Å². The summed E-state index contributed by atoms with van der Waals surface area (Å²) >= 11 is 1.43. The largest absolute Gasteiger partial charge is 0.446 e. The molecule has 0 aliphatic rings. The first-order chi connectivity index (χ1) is 7.75. The number of nitrogens with zero attached hydrogens (tertiary/aromatic N) is 1. The van der Waals surface area contributed by atoms with Crippen molar-refractivity contribution in [3.8, 4) is 0 Å². The van der Waals surface area contributed by atoms with E-state index < -0.39 is 0 Å². The molecule has 0 bridgehead atoms. The van der Waals surface area contributed by atoms with E-state index in [2.05, 4.69) is 10.3 Å². The molecule has 0 fully saturated rings. The lowest BCUT2D eigenvalue weighted by Gasteiger charge is -2.00. The summed E-state index contributed by atoms with van der Waals surface area (Å²) in [6, 6.07) is 3.66. The highest BCUT2D eigenvalue weighted by molar-refractivity contribution is 7.12. The van der Waals surface area contributed by atoms with Gasteiger partial charge in [-0.1, -0.05) is 6.07 Å². The normalized spacial score (nSPS) is 10.3. The van der Waals surface area contributed by atoms with Crippen LogP contribution in [0.5, 0.6) is 0 Å².